The van der Waals surface area contributed by atoms with Crippen LogP contribution in [0.3, 0.4) is 0 Å². The summed E-state index contributed by atoms with van der Waals surface area (Å²) in [4.78, 5) is 17.2. The van der Waals surface area contributed by atoms with Gasteiger partial charge in [-0.25, -0.2) is 4.98 Å². The van der Waals surface area contributed by atoms with E-state index in [2.05, 4.69) is 20.7 Å². The third-order valence-corrected chi connectivity index (χ3v) is 4.22. The smallest absolute Gasteiger partial charge is 0.371 e. The van der Waals surface area contributed by atoms with Crippen molar-refractivity contribution in [1.29, 1.82) is 0 Å². The van der Waals surface area contributed by atoms with Crippen molar-refractivity contribution in [3.63, 3.8) is 0 Å². The zero-order chi connectivity index (χ0) is 16.7. The fourth-order valence-electron chi connectivity index (χ4n) is 3.11. The molecule has 3 heterocycles. The minimum Gasteiger partial charge on any atom is -0.371 e. The first-order chi connectivity index (χ1) is 11.7. The molecule has 1 aromatic carbocycles. The van der Waals surface area contributed by atoms with Crippen molar-refractivity contribution < 1.29 is 18.9 Å². The molecule has 4 aromatic rings. The molecule has 0 fully saturated rings. The minimum absolute atomic E-state index is 0. The molecular formula is C21H21LiN4O-2. The molecule has 5 nitrogen and oxygen atoms in total. The molecule has 0 saturated carbocycles. The maximum absolute atomic E-state index is 13.0. The summed E-state index contributed by atoms with van der Waals surface area (Å²) in [5.74, 6) is 0.516. The molecule has 4 rings (SSSR count). The first-order valence-electron chi connectivity index (χ1n) is 7.66. The molecule has 0 spiro atoms. The SMILES string of the molecule is Cc1c2cnn(-c3ccccn3)c(=O)c2c(C)n1-c1c[c-]ccc1.[CH3-].[CH3-].[Li+]. The molecule has 0 aliphatic heterocycles. The average Bonchev–Trinajstić information content (AvgIpc) is 2.88. The Balaban J connectivity index is 0.00000121. The van der Waals surface area contributed by atoms with Crippen LogP contribution >= 0.6 is 0 Å². The van der Waals surface area contributed by atoms with E-state index in [9.17, 15) is 4.79 Å². The van der Waals surface area contributed by atoms with Gasteiger partial charge in [0.25, 0.3) is 5.56 Å². The van der Waals surface area contributed by atoms with Crippen LogP contribution in [0.2, 0.25) is 0 Å². The number of rotatable bonds is 2. The molecule has 6 heteroatoms. The van der Waals surface area contributed by atoms with E-state index in [4.69, 9.17) is 0 Å². The van der Waals surface area contributed by atoms with Crippen molar-refractivity contribution in [3.05, 3.63) is 97.5 Å². The van der Waals surface area contributed by atoms with Crippen molar-refractivity contribution >= 4 is 10.8 Å². The first-order valence-corrected chi connectivity index (χ1v) is 7.66. The van der Waals surface area contributed by atoms with Gasteiger partial charge in [-0.15, -0.1) is 6.07 Å². The summed E-state index contributed by atoms with van der Waals surface area (Å²) in [6, 6.07) is 16.2. The van der Waals surface area contributed by atoms with E-state index in [1.54, 1.807) is 18.5 Å². The van der Waals surface area contributed by atoms with Gasteiger partial charge in [-0.1, -0.05) is 11.8 Å². The Morgan fingerprint density at radius 3 is 2.44 bits per heavy atom. The van der Waals surface area contributed by atoms with E-state index in [-0.39, 0.29) is 39.3 Å². The van der Waals surface area contributed by atoms with Crippen LogP contribution in [0.1, 0.15) is 11.4 Å². The second kappa shape index (κ2) is 8.85. The van der Waals surface area contributed by atoms with Crippen LogP contribution in [0.25, 0.3) is 22.3 Å². The van der Waals surface area contributed by atoms with Gasteiger partial charge >= 0.3 is 18.9 Å². The molecule has 0 radical (unpaired) electrons. The third-order valence-electron chi connectivity index (χ3n) is 4.22. The summed E-state index contributed by atoms with van der Waals surface area (Å²) in [5, 5.41) is 5.83. The molecular weight excluding hydrogens is 331 g/mol. The maximum atomic E-state index is 13.0. The third kappa shape index (κ3) is 3.62. The summed E-state index contributed by atoms with van der Waals surface area (Å²) in [6.07, 6.45) is 3.38. The molecule has 0 aliphatic rings. The van der Waals surface area contributed by atoms with Gasteiger partial charge in [0, 0.05) is 23.0 Å². The molecule has 0 bridgehead atoms. The Bertz CT molecular complexity index is 1090. The summed E-state index contributed by atoms with van der Waals surface area (Å²) in [6.45, 7) is 3.95. The predicted molar refractivity (Wildman–Crippen MR) is 106 cm³/mol. The summed E-state index contributed by atoms with van der Waals surface area (Å²) >= 11 is 0. The number of aromatic nitrogens is 4. The molecule has 0 amide bonds. The fourth-order valence-corrected chi connectivity index (χ4v) is 3.11. The molecule has 0 N–H and O–H groups in total. The Kier molecular flexibility index (Phi) is 7.35. The van der Waals surface area contributed by atoms with Crippen LogP contribution in [0, 0.1) is 34.8 Å². The quantitative estimate of drug-likeness (QED) is 0.398. The van der Waals surface area contributed by atoms with E-state index in [1.807, 2.05) is 50.2 Å². The first kappa shape index (κ1) is 22.4. The van der Waals surface area contributed by atoms with Crippen molar-refractivity contribution in [2.75, 3.05) is 0 Å². The number of benzene rings is 1. The van der Waals surface area contributed by atoms with Crippen LogP contribution in [-0.2, 0) is 0 Å². The van der Waals surface area contributed by atoms with E-state index in [0.29, 0.717) is 11.2 Å². The van der Waals surface area contributed by atoms with Gasteiger partial charge in [-0.2, -0.15) is 34.0 Å². The molecule has 134 valence electrons. The monoisotopic (exact) mass is 352 g/mol. The maximum Gasteiger partial charge on any atom is 1.00 e. The molecule has 3 aromatic heterocycles. The predicted octanol–water partition coefficient (Wildman–Crippen LogP) is 0.893. The summed E-state index contributed by atoms with van der Waals surface area (Å²) in [5.41, 5.74) is 2.69. The molecule has 0 unspecified atom stereocenters. The van der Waals surface area contributed by atoms with E-state index in [0.717, 1.165) is 22.5 Å². The summed E-state index contributed by atoms with van der Waals surface area (Å²) in [7, 11) is 0. The fraction of sp³-hybridized carbons (Fsp3) is 0.0952. The van der Waals surface area contributed by atoms with E-state index >= 15 is 0 Å². The number of nitrogens with zero attached hydrogens (tertiary/aromatic N) is 4. The van der Waals surface area contributed by atoms with Gasteiger partial charge in [0.15, 0.2) is 5.82 Å². The normalized spacial score (nSPS) is 9.85. The molecule has 0 saturated heterocycles. The molecule has 0 aliphatic carbocycles. The summed E-state index contributed by atoms with van der Waals surface area (Å²) < 4.78 is 3.41. The Hall–Kier alpha value is -2.61. The Labute approximate surface area is 171 Å². The van der Waals surface area contributed by atoms with Crippen LogP contribution < -0.4 is 24.4 Å². The number of pyridine rings is 1. The van der Waals surface area contributed by atoms with E-state index < -0.39 is 0 Å². The van der Waals surface area contributed by atoms with Crippen LogP contribution in [0.4, 0.5) is 0 Å². The van der Waals surface area contributed by atoms with Crippen LogP contribution in [-0.4, -0.2) is 19.3 Å². The Morgan fingerprint density at radius 1 is 1.04 bits per heavy atom. The minimum atomic E-state index is -0.162. The topological polar surface area (TPSA) is 52.7 Å². The van der Waals surface area contributed by atoms with Gasteiger partial charge in [-0.3, -0.25) is 4.79 Å². The second-order valence-corrected chi connectivity index (χ2v) is 5.61. The number of fused-ring (bicyclic) bond motifs is 1. The largest absolute Gasteiger partial charge is 1.00 e. The molecule has 0 atom stereocenters. The molecule has 27 heavy (non-hydrogen) atoms. The standard InChI is InChI=1S/C19H15N4O.2CH3.Li/c1-13-16-12-21-23(17-10-6-7-11-20-17)19(24)18(16)14(2)22(13)15-8-4-3-5-9-15;;;/h3-4,6-12H,1-2H3;2*1H3;/q3*-1;+1. The van der Waals surface area contributed by atoms with Gasteiger partial charge in [0.1, 0.15) is 0 Å². The van der Waals surface area contributed by atoms with Crippen LogP contribution in [0.15, 0.2) is 59.7 Å². The number of hydrogen-bond donors (Lipinski definition) is 0. The number of hydrogen-bond acceptors (Lipinski definition) is 3. The van der Waals surface area contributed by atoms with Crippen molar-refractivity contribution in [3.8, 4) is 11.5 Å². The van der Waals surface area contributed by atoms with Crippen molar-refractivity contribution in [1.82, 2.24) is 19.3 Å². The van der Waals surface area contributed by atoms with Crippen molar-refractivity contribution in [2.45, 2.75) is 13.8 Å². The van der Waals surface area contributed by atoms with Gasteiger partial charge < -0.3 is 19.4 Å². The van der Waals surface area contributed by atoms with Crippen LogP contribution in [0.5, 0.6) is 0 Å². The zero-order valence-electron chi connectivity index (χ0n) is 16.4. The van der Waals surface area contributed by atoms with Crippen molar-refractivity contribution in [2.24, 2.45) is 0 Å². The second-order valence-electron chi connectivity index (χ2n) is 5.61. The van der Waals surface area contributed by atoms with Gasteiger partial charge in [0.2, 0.25) is 0 Å². The van der Waals surface area contributed by atoms with Gasteiger partial charge in [0.05, 0.1) is 11.6 Å². The Morgan fingerprint density at radius 2 is 1.81 bits per heavy atom. The van der Waals surface area contributed by atoms with E-state index in [1.165, 1.54) is 4.68 Å². The van der Waals surface area contributed by atoms with Gasteiger partial charge in [-0.05, 0) is 26.0 Å². The average molecular weight is 352 g/mol. The zero-order valence-corrected chi connectivity index (χ0v) is 16.4. The number of aryl methyl sites for hydroxylation is 2.